The van der Waals surface area contributed by atoms with Crippen LogP contribution in [0.5, 0.6) is 0 Å². The molecule has 0 atom stereocenters. The summed E-state index contributed by atoms with van der Waals surface area (Å²) in [6.07, 6.45) is 3.24. The second-order valence-corrected chi connectivity index (χ2v) is 6.98. The third kappa shape index (κ3) is 3.35. The molecule has 0 aliphatic rings. The summed E-state index contributed by atoms with van der Waals surface area (Å²) in [6, 6.07) is 13.9. The van der Waals surface area contributed by atoms with Crippen molar-refractivity contribution in [2.75, 3.05) is 0 Å². The predicted octanol–water partition coefficient (Wildman–Crippen LogP) is 2.67. The molecule has 0 saturated carbocycles. The summed E-state index contributed by atoms with van der Waals surface area (Å²) < 4.78 is 32.7. The summed E-state index contributed by atoms with van der Waals surface area (Å²) >= 11 is 1.50. The lowest BCUT2D eigenvalue weighted by Crippen LogP contribution is -1.96. The van der Waals surface area contributed by atoms with Crippen molar-refractivity contribution in [2.45, 2.75) is 14.7 Å². The molecule has 0 radical (unpaired) electrons. The summed E-state index contributed by atoms with van der Waals surface area (Å²) in [4.78, 5) is 1.78. The number of benzene rings is 2. The zero-order chi connectivity index (χ0) is 15.6. The first kappa shape index (κ1) is 14.8. The van der Waals surface area contributed by atoms with E-state index in [1.807, 2.05) is 24.3 Å². The smallest absolute Gasteiger partial charge is 0.288 e. The Morgan fingerprint density at radius 2 is 1.36 bits per heavy atom. The highest BCUT2D eigenvalue weighted by Gasteiger charge is 2.08. The lowest BCUT2D eigenvalue weighted by molar-refractivity contribution is 0.483. The highest BCUT2D eigenvalue weighted by Crippen LogP contribution is 2.29. The van der Waals surface area contributed by atoms with Crippen LogP contribution in [-0.2, 0) is 10.1 Å². The molecule has 0 aliphatic heterocycles. The van der Waals surface area contributed by atoms with E-state index in [-0.39, 0.29) is 4.90 Å². The molecule has 8 heteroatoms. The molecule has 3 rings (SSSR count). The Hall–Kier alpha value is -2.16. The van der Waals surface area contributed by atoms with Crippen molar-refractivity contribution in [1.29, 1.82) is 0 Å². The van der Waals surface area contributed by atoms with Crippen LogP contribution in [0.1, 0.15) is 0 Å². The number of nitrogens with zero attached hydrogens (tertiary/aromatic N) is 3. The Morgan fingerprint density at radius 1 is 0.864 bits per heavy atom. The van der Waals surface area contributed by atoms with E-state index >= 15 is 0 Å². The minimum Gasteiger partial charge on any atom is -0.288 e. The highest BCUT2D eigenvalue weighted by molar-refractivity contribution is 7.99. The quantitative estimate of drug-likeness (QED) is 0.739. The van der Waals surface area contributed by atoms with Gasteiger partial charge in [0.1, 0.15) is 12.7 Å². The monoisotopic (exact) mass is 333 g/mol. The molecule has 0 fully saturated rings. The normalized spacial score (nSPS) is 11.5. The van der Waals surface area contributed by atoms with Crippen LogP contribution in [0.2, 0.25) is 0 Å². The molecule has 1 aromatic heterocycles. The van der Waals surface area contributed by atoms with Crippen LogP contribution in [0.25, 0.3) is 5.69 Å². The van der Waals surface area contributed by atoms with E-state index in [1.165, 1.54) is 23.9 Å². The van der Waals surface area contributed by atoms with Crippen molar-refractivity contribution in [3.05, 3.63) is 61.2 Å². The van der Waals surface area contributed by atoms with E-state index in [1.54, 1.807) is 29.4 Å². The molecule has 1 heterocycles. The molecule has 2 aromatic carbocycles. The average molecular weight is 333 g/mol. The number of hydrogen-bond donors (Lipinski definition) is 1. The van der Waals surface area contributed by atoms with Crippen LogP contribution in [-0.4, -0.2) is 27.7 Å². The van der Waals surface area contributed by atoms with Crippen LogP contribution < -0.4 is 0 Å². The molecule has 0 saturated heterocycles. The fourth-order valence-corrected chi connectivity index (χ4v) is 3.13. The number of aromatic nitrogens is 3. The standard InChI is InChI=1S/C14H11N3O3S2/c18-22(19,20)14-7-5-13(6-8-14)21-12-3-1-11(2-4-12)17-9-15-16-10-17/h1-10H,(H,18,19,20). The molecule has 1 N–H and O–H groups in total. The first-order chi connectivity index (χ1) is 10.5. The van der Waals surface area contributed by atoms with Gasteiger partial charge in [-0.2, -0.15) is 8.42 Å². The van der Waals surface area contributed by atoms with Crippen LogP contribution in [0.15, 0.2) is 75.9 Å². The maximum atomic E-state index is 11.0. The van der Waals surface area contributed by atoms with Crippen molar-refractivity contribution < 1.29 is 13.0 Å². The SMILES string of the molecule is O=S(=O)(O)c1ccc(Sc2ccc(-n3cnnc3)cc2)cc1. The van der Waals surface area contributed by atoms with Gasteiger partial charge in [0.25, 0.3) is 10.1 Å². The van der Waals surface area contributed by atoms with E-state index in [9.17, 15) is 8.42 Å². The molecular weight excluding hydrogens is 322 g/mol. The van der Waals surface area contributed by atoms with E-state index in [0.29, 0.717) is 0 Å². The first-order valence-electron chi connectivity index (χ1n) is 6.23. The Bertz CT molecular complexity index is 859. The maximum absolute atomic E-state index is 11.0. The first-order valence-corrected chi connectivity index (χ1v) is 8.48. The van der Waals surface area contributed by atoms with E-state index in [0.717, 1.165) is 15.5 Å². The van der Waals surface area contributed by atoms with Gasteiger partial charge in [0.15, 0.2) is 0 Å². The molecule has 0 bridgehead atoms. The Balaban J connectivity index is 1.76. The zero-order valence-corrected chi connectivity index (χ0v) is 12.8. The van der Waals surface area contributed by atoms with Crippen molar-refractivity contribution in [2.24, 2.45) is 0 Å². The Labute approximate surface area is 131 Å². The van der Waals surface area contributed by atoms with Gasteiger partial charge >= 0.3 is 0 Å². The fraction of sp³-hybridized carbons (Fsp3) is 0. The minimum absolute atomic E-state index is 0.111. The van der Waals surface area contributed by atoms with Crippen molar-refractivity contribution in [3.63, 3.8) is 0 Å². The summed E-state index contributed by atoms with van der Waals surface area (Å²) in [5.74, 6) is 0. The third-order valence-corrected chi connectivity index (χ3v) is 4.79. The van der Waals surface area contributed by atoms with Crippen molar-refractivity contribution in [1.82, 2.24) is 14.8 Å². The molecule has 22 heavy (non-hydrogen) atoms. The van der Waals surface area contributed by atoms with Crippen molar-refractivity contribution in [3.8, 4) is 5.69 Å². The topological polar surface area (TPSA) is 85.1 Å². The molecule has 3 aromatic rings. The maximum Gasteiger partial charge on any atom is 0.294 e. The van der Waals surface area contributed by atoms with Crippen LogP contribution in [0.4, 0.5) is 0 Å². The van der Waals surface area contributed by atoms with Gasteiger partial charge in [-0.1, -0.05) is 11.8 Å². The molecule has 0 spiro atoms. The van der Waals surface area contributed by atoms with Crippen LogP contribution in [0, 0.1) is 0 Å². The zero-order valence-electron chi connectivity index (χ0n) is 11.2. The highest BCUT2D eigenvalue weighted by atomic mass is 32.2. The largest absolute Gasteiger partial charge is 0.294 e. The van der Waals surface area contributed by atoms with E-state index in [4.69, 9.17) is 4.55 Å². The minimum atomic E-state index is -4.15. The van der Waals surface area contributed by atoms with Gasteiger partial charge in [0, 0.05) is 15.5 Å². The van der Waals surface area contributed by atoms with Gasteiger partial charge in [0.2, 0.25) is 0 Å². The molecule has 112 valence electrons. The predicted molar refractivity (Wildman–Crippen MR) is 81.7 cm³/mol. The second kappa shape index (κ2) is 5.91. The fourth-order valence-electron chi connectivity index (χ4n) is 1.84. The summed E-state index contributed by atoms with van der Waals surface area (Å²) in [5, 5.41) is 7.51. The van der Waals surface area contributed by atoms with Gasteiger partial charge in [0.05, 0.1) is 4.90 Å². The van der Waals surface area contributed by atoms with Crippen LogP contribution in [0.3, 0.4) is 0 Å². The molecule has 6 nitrogen and oxygen atoms in total. The Kier molecular flexibility index (Phi) is 3.97. The van der Waals surface area contributed by atoms with Gasteiger partial charge in [-0.3, -0.25) is 9.12 Å². The van der Waals surface area contributed by atoms with Gasteiger partial charge in [-0.15, -0.1) is 10.2 Å². The van der Waals surface area contributed by atoms with E-state index < -0.39 is 10.1 Å². The van der Waals surface area contributed by atoms with Gasteiger partial charge in [-0.25, -0.2) is 0 Å². The lowest BCUT2D eigenvalue weighted by Gasteiger charge is -2.05. The number of hydrogen-bond acceptors (Lipinski definition) is 5. The molecule has 0 unspecified atom stereocenters. The van der Waals surface area contributed by atoms with E-state index in [2.05, 4.69) is 10.2 Å². The second-order valence-electron chi connectivity index (χ2n) is 4.41. The molecule has 0 amide bonds. The lowest BCUT2D eigenvalue weighted by atomic mass is 10.3. The molecule has 0 aliphatic carbocycles. The third-order valence-electron chi connectivity index (χ3n) is 2.91. The average Bonchev–Trinajstić information content (AvgIpc) is 3.02. The van der Waals surface area contributed by atoms with Crippen molar-refractivity contribution >= 4 is 21.9 Å². The number of rotatable bonds is 4. The summed E-state index contributed by atoms with van der Waals surface area (Å²) in [5.41, 5.74) is 0.955. The summed E-state index contributed by atoms with van der Waals surface area (Å²) in [6.45, 7) is 0. The Morgan fingerprint density at radius 3 is 1.86 bits per heavy atom. The van der Waals surface area contributed by atoms with Crippen LogP contribution >= 0.6 is 11.8 Å². The van der Waals surface area contributed by atoms with Gasteiger partial charge < -0.3 is 0 Å². The van der Waals surface area contributed by atoms with Gasteiger partial charge in [-0.05, 0) is 48.5 Å². The summed E-state index contributed by atoms with van der Waals surface area (Å²) in [7, 11) is -4.15. The molecular formula is C14H11N3O3S2.